The van der Waals surface area contributed by atoms with E-state index in [2.05, 4.69) is 59.6 Å². The summed E-state index contributed by atoms with van der Waals surface area (Å²) in [5, 5.41) is 11.5. The molecule has 0 fully saturated rings. The second kappa shape index (κ2) is 4.29. The van der Waals surface area contributed by atoms with Gasteiger partial charge in [-0.3, -0.25) is 10.1 Å². The molecule has 0 aliphatic heterocycles. The van der Waals surface area contributed by atoms with Crippen LogP contribution >= 0.6 is 31.9 Å². The zero-order valence-corrected chi connectivity index (χ0v) is 14.9. The molecule has 1 aromatic rings. The summed E-state index contributed by atoms with van der Waals surface area (Å²) in [5.41, 5.74) is 2.66. The molecule has 104 valence electrons. The van der Waals surface area contributed by atoms with Gasteiger partial charge in [0.2, 0.25) is 0 Å². The SMILES string of the molecule is Cc1c(Br)c(Br)c2c(c1[N+](=O)[O-])C(C)(C)CC2(C)C. The van der Waals surface area contributed by atoms with Crippen LogP contribution in [-0.2, 0) is 10.8 Å². The molecule has 0 amide bonds. The Morgan fingerprint density at radius 3 is 2.00 bits per heavy atom. The largest absolute Gasteiger partial charge is 0.277 e. The first kappa shape index (κ1) is 15.0. The van der Waals surface area contributed by atoms with Crippen molar-refractivity contribution in [1.82, 2.24) is 0 Å². The molecule has 0 saturated carbocycles. The molecule has 0 bridgehead atoms. The minimum Gasteiger partial charge on any atom is -0.258 e. The van der Waals surface area contributed by atoms with Gasteiger partial charge in [0.25, 0.3) is 5.69 Å². The number of nitrogens with zero attached hydrogens (tertiary/aromatic N) is 1. The highest BCUT2D eigenvalue weighted by Crippen LogP contribution is 2.57. The van der Waals surface area contributed by atoms with E-state index in [-0.39, 0.29) is 21.4 Å². The van der Waals surface area contributed by atoms with Gasteiger partial charge in [0.1, 0.15) is 0 Å². The van der Waals surface area contributed by atoms with Crippen molar-refractivity contribution in [3.63, 3.8) is 0 Å². The van der Waals surface area contributed by atoms with Crippen LogP contribution < -0.4 is 0 Å². The summed E-state index contributed by atoms with van der Waals surface area (Å²) < 4.78 is 1.75. The monoisotopic (exact) mass is 389 g/mol. The highest BCUT2D eigenvalue weighted by atomic mass is 79.9. The Morgan fingerprint density at radius 2 is 1.53 bits per heavy atom. The first-order valence-corrected chi connectivity index (χ1v) is 7.76. The molecule has 0 unspecified atom stereocenters. The molecule has 0 spiro atoms. The van der Waals surface area contributed by atoms with Crippen molar-refractivity contribution in [2.45, 2.75) is 51.9 Å². The van der Waals surface area contributed by atoms with Crippen molar-refractivity contribution in [2.24, 2.45) is 0 Å². The quantitative estimate of drug-likeness (QED) is 0.476. The Bertz CT molecular complexity index is 592. The van der Waals surface area contributed by atoms with E-state index in [9.17, 15) is 10.1 Å². The number of hydrogen-bond acceptors (Lipinski definition) is 2. The molecule has 0 radical (unpaired) electrons. The van der Waals surface area contributed by atoms with Crippen molar-refractivity contribution >= 4 is 37.5 Å². The Hall–Kier alpha value is -0.420. The van der Waals surface area contributed by atoms with Gasteiger partial charge in [-0.2, -0.15) is 0 Å². The molecule has 19 heavy (non-hydrogen) atoms. The second-order valence-electron chi connectivity index (χ2n) is 6.55. The summed E-state index contributed by atoms with van der Waals surface area (Å²) in [7, 11) is 0. The molecule has 0 N–H and O–H groups in total. The molecular weight excluding hydrogens is 374 g/mol. The lowest BCUT2D eigenvalue weighted by Gasteiger charge is -2.22. The maximum Gasteiger partial charge on any atom is 0.277 e. The fourth-order valence-corrected chi connectivity index (χ4v) is 5.02. The zero-order chi connectivity index (χ0) is 14.7. The average Bonchev–Trinajstić information content (AvgIpc) is 2.40. The summed E-state index contributed by atoms with van der Waals surface area (Å²) in [5.74, 6) is 0. The van der Waals surface area contributed by atoms with Crippen LogP contribution in [0.3, 0.4) is 0 Å². The van der Waals surface area contributed by atoms with Crippen LogP contribution in [0.2, 0.25) is 0 Å². The standard InChI is InChI=1S/C14H17Br2NO2/c1-7-10(15)11(16)8-9(12(7)17(18)19)14(4,5)6-13(8,2)3/h6H2,1-5H3. The third kappa shape index (κ3) is 2.05. The van der Waals surface area contributed by atoms with Crippen LogP contribution in [0.5, 0.6) is 0 Å². The predicted molar refractivity (Wildman–Crippen MR) is 83.9 cm³/mol. The Kier molecular flexibility index (Phi) is 3.38. The molecule has 1 aliphatic rings. The predicted octanol–water partition coefficient (Wildman–Crippen LogP) is 5.39. The molecule has 1 aliphatic carbocycles. The zero-order valence-electron chi connectivity index (χ0n) is 11.7. The van der Waals surface area contributed by atoms with E-state index in [0.717, 1.165) is 26.5 Å². The van der Waals surface area contributed by atoms with E-state index in [1.807, 2.05) is 0 Å². The van der Waals surface area contributed by atoms with Crippen molar-refractivity contribution in [3.05, 3.63) is 35.8 Å². The molecule has 0 atom stereocenters. The minimum absolute atomic E-state index is 0.0708. The van der Waals surface area contributed by atoms with Crippen LogP contribution in [0.1, 0.15) is 50.8 Å². The van der Waals surface area contributed by atoms with Gasteiger partial charge in [-0.15, -0.1) is 0 Å². The Labute approximate surface area is 130 Å². The van der Waals surface area contributed by atoms with E-state index in [4.69, 9.17) is 0 Å². The first-order chi connectivity index (χ1) is 8.50. The summed E-state index contributed by atoms with van der Waals surface area (Å²) in [6, 6.07) is 0. The summed E-state index contributed by atoms with van der Waals surface area (Å²) in [4.78, 5) is 11.3. The third-order valence-electron chi connectivity index (χ3n) is 4.00. The average molecular weight is 391 g/mol. The molecule has 0 saturated heterocycles. The van der Waals surface area contributed by atoms with Crippen molar-refractivity contribution in [3.8, 4) is 0 Å². The number of nitro groups is 1. The van der Waals surface area contributed by atoms with Crippen LogP contribution in [0.25, 0.3) is 0 Å². The number of halogens is 2. The van der Waals surface area contributed by atoms with Gasteiger partial charge in [-0.1, -0.05) is 27.7 Å². The minimum atomic E-state index is -0.242. The molecule has 2 rings (SSSR count). The normalized spacial score (nSPS) is 19.3. The van der Waals surface area contributed by atoms with Crippen molar-refractivity contribution in [1.29, 1.82) is 0 Å². The lowest BCUT2D eigenvalue weighted by Crippen LogP contribution is -2.18. The van der Waals surface area contributed by atoms with Gasteiger partial charge in [0, 0.05) is 20.1 Å². The maximum atomic E-state index is 11.5. The second-order valence-corrected chi connectivity index (χ2v) is 8.14. The van der Waals surface area contributed by atoms with Gasteiger partial charge in [0.05, 0.1) is 4.92 Å². The van der Waals surface area contributed by atoms with Gasteiger partial charge in [-0.05, 0) is 61.6 Å². The van der Waals surface area contributed by atoms with Gasteiger partial charge >= 0.3 is 0 Å². The number of benzene rings is 1. The fourth-order valence-electron chi connectivity index (χ4n) is 3.60. The Balaban J connectivity index is 3.00. The molecule has 5 heteroatoms. The topological polar surface area (TPSA) is 43.1 Å². The van der Waals surface area contributed by atoms with E-state index >= 15 is 0 Å². The summed E-state index contributed by atoms with van der Waals surface area (Å²) in [6.45, 7) is 10.3. The smallest absolute Gasteiger partial charge is 0.258 e. The van der Waals surface area contributed by atoms with Gasteiger partial charge < -0.3 is 0 Å². The highest BCUT2D eigenvalue weighted by Gasteiger charge is 2.48. The molecule has 0 heterocycles. The molecular formula is C14H17Br2NO2. The van der Waals surface area contributed by atoms with Crippen molar-refractivity contribution in [2.75, 3.05) is 0 Å². The number of fused-ring (bicyclic) bond motifs is 1. The van der Waals surface area contributed by atoms with E-state index < -0.39 is 0 Å². The van der Waals surface area contributed by atoms with Crippen LogP contribution in [0.15, 0.2) is 8.95 Å². The lowest BCUT2D eigenvalue weighted by atomic mass is 9.81. The molecule has 0 aromatic heterocycles. The number of nitro benzene ring substituents is 1. The highest BCUT2D eigenvalue weighted by molar-refractivity contribution is 9.13. The van der Waals surface area contributed by atoms with Crippen molar-refractivity contribution < 1.29 is 4.92 Å². The van der Waals surface area contributed by atoms with E-state index in [1.165, 1.54) is 0 Å². The fraction of sp³-hybridized carbons (Fsp3) is 0.571. The summed E-state index contributed by atoms with van der Waals surface area (Å²) in [6.07, 6.45) is 0.907. The van der Waals surface area contributed by atoms with Crippen LogP contribution in [0, 0.1) is 17.0 Å². The van der Waals surface area contributed by atoms with E-state index in [0.29, 0.717) is 5.56 Å². The third-order valence-corrected chi connectivity index (χ3v) is 6.32. The number of rotatable bonds is 1. The summed E-state index contributed by atoms with van der Waals surface area (Å²) >= 11 is 7.11. The number of hydrogen-bond donors (Lipinski definition) is 0. The molecule has 1 aromatic carbocycles. The van der Waals surface area contributed by atoms with Crippen LogP contribution in [-0.4, -0.2) is 4.92 Å². The van der Waals surface area contributed by atoms with E-state index in [1.54, 1.807) is 6.92 Å². The van der Waals surface area contributed by atoms with Crippen LogP contribution in [0.4, 0.5) is 5.69 Å². The van der Waals surface area contributed by atoms with Gasteiger partial charge in [0.15, 0.2) is 0 Å². The van der Waals surface area contributed by atoms with Gasteiger partial charge in [-0.25, -0.2) is 0 Å². The Morgan fingerprint density at radius 1 is 1.05 bits per heavy atom. The lowest BCUT2D eigenvalue weighted by molar-refractivity contribution is -0.386. The molecule has 3 nitrogen and oxygen atoms in total. The first-order valence-electron chi connectivity index (χ1n) is 6.17. The maximum absolute atomic E-state index is 11.5.